The van der Waals surface area contributed by atoms with E-state index in [4.69, 9.17) is 10.5 Å². The summed E-state index contributed by atoms with van der Waals surface area (Å²) in [5, 5.41) is 0. The van der Waals surface area contributed by atoms with Gasteiger partial charge >= 0.3 is 5.97 Å². The summed E-state index contributed by atoms with van der Waals surface area (Å²) in [5.74, 6) is -1.52. The molecular formula is C13H17N3O4. The summed E-state index contributed by atoms with van der Waals surface area (Å²) in [7, 11) is 0. The molecule has 0 saturated carbocycles. The zero-order chi connectivity index (χ0) is 14.5. The van der Waals surface area contributed by atoms with Gasteiger partial charge in [-0.05, 0) is 31.4 Å². The highest BCUT2D eigenvalue weighted by Crippen LogP contribution is 2.17. The van der Waals surface area contributed by atoms with Crippen molar-refractivity contribution in [3.05, 3.63) is 24.0 Å². The number of hydrogen-bond acceptors (Lipinski definition) is 4. The molecule has 108 valence electrons. The highest BCUT2D eigenvalue weighted by atomic mass is 16.5. The molecule has 20 heavy (non-hydrogen) atoms. The van der Waals surface area contributed by atoms with Crippen molar-refractivity contribution in [2.45, 2.75) is 25.3 Å². The molecule has 0 aromatic carbocycles. The van der Waals surface area contributed by atoms with Crippen LogP contribution in [0.2, 0.25) is 0 Å². The Balaban J connectivity index is 1.90. The van der Waals surface area contributed by atoms with Crippen LogP contribution >= 0.6 is 0 Å². The number of piperidine rings is 1. The third kappa shape index (κ3) is 3.17. The summed E-state index contributed by atoms with van der Waals surface area (Å²) in [6.07, 6.45) is 3.83. The lowest BCUT2D eigenvalue weighted by Crippen LogP contribution is -2.51. The van der Waals surface area contributed by atoms with E-state index >= 15 is 0 Å². The van der Waals surface area contributed by atoms with Crippen LogP contribution in [0.25, 0.3) is 0 Å². The van der Waals surface area contributed by atoms with Crippen LogP contribution in [0.5, 0.6) is 0 Å². The van der Waals surface area contributed by atoms with Crippen molar-refractivity contribution in [3.8, 4) is 0 Å². The molecule has 2 heterocycles. The summed E-state index contributed by atoms with van der Waals surface area (Å²) < 4.78 is 4.92. The average molecular weight is 279 g/mol. The van der Waals surface area contributed by atoms with E-state index in [1.165, 1.54) is 4.90 Å². The first-order chi connectivity index (χ1) is 9.59. The van der Waals surface area contributed by atoms with Crippen LogP contribution < -0.4 is 5.73 Å². The fraction of sp³-hybridized carbons (Fsp3) is 0.462. The van der Waals surface area contributed by atoms with E-state index in [-0.39, 0.29) is 12.3 Å². The number of primary amides is 1. The first-order valence-corrected chi connectivity index (χ1v) is 6.49. The number of nitrogens with two attached hydrogens (primary N) is 1. The minimum Gasteiger partial charge on any atom is -0.451 e. The van der Waals surface area contributed by atoms with Gasteiger partial charge in [-0.3, -0.25) is 9.59 Å². The van der Waals surface area contributed by atoms with Crippen molar-refractivity contribution in [3.63, 3.8) is 0 Å². The van der Waals surface area contributed by atoms with Gasteiger partial charge in [0, 0.05) is 12.7 Å². The molecule has 7 heteroatoms. The molecule has 1 fully saturated rings. The van der Waals surface area contributed by atoms with Crippen molar-refractivity contribution in [1.29, 1.82) is 0 Å². The zero-order valence-corrected chi connectivity index (χ0v) is 11.0. The van der Waals surface area contributed by atoms with E-state index in [1.54, 1.807) is 18.3 Å². The molecule has 2 rings (SSSR count). The highest BCUT2D eigenvalue weighted by molar-refractivity contribution is 5.91. The van der Waals surface area contributed by atoms with Gasteiger partial charge in [0.15, 0.2) is 6.61 Å². The summed E-state index contributed by atoms with van der Waals surface area (Å²) in [6, 6.07) is 2.62. The van der Waals surface area contributed by atoms with E-state index < -0.39 is 23.8 Å². The maximum Gasteiger partial charge on any atom is 0.355 e. The van der Waals surface area contributed by atoms with Crippen molar-refractivity contribution in [2.24, 2.45) is 5.73 Å². The molecule has 0 unspecified atom stereocenters. The molecule has 0 bridgehead atoms. The Hall–Kier alpha value is -2.31. The number of carbonyl (C=O) groups is 3. The van der Waals surface area contributed by atoms with Gasteiger partial charge in [-0.1, -0.05) is 0 Å². The van der Waals surface area contributed by atoms with Gasteiger partial charge in [0.05, 0.1) is 0 Å². The largest absolute Gasteiger partial charge is 0.451 e. The van der Waals surface area contributed by atoms with Gasteiger partial charge in [-0.2, -0.15) is 0 Å². The molecule has 1 aliphatic heterocycles. The number of likely N-dealkylation sites (tertiary alicyclic amines) is 1. The van der Waals surface area contributed by atoms with E-state index in [2.05, 4.69) is 4.98 Å². The van der Waals surface area contributed by atoms with Crippen LogP contribution in [0.1, 0.15) is 29.8 Å². The van der Waals surface area contributed by atoms with Gasteiger partial charge in [-0.15, -0.1) is 0 Å². The molecule has 0 radical (unpaired) electrons. The number of aromatic nitrogens is 1. The standard InChI is InChI=1S/C13H17N3O4/c14-12(18)10-5-1-2-7-16(10)11(17)8-20-13(19)9-4-3-6-15-9/h3-4,6,10,15H,1-2,5,7-8H2,(H2,14,18)/t10-/m1/s1. The fourth-order valence-corrected chi connectivity index (χ4v) is 2.27. The van der Waals surface area contributed by atoms with Gasteiger partial charge in [-0.25, -0.2) is 4.79 Å². The third-order valence-corrected chi connectivity index (χ3v) is 3.30. The molecule has 7 nitrogen and oxygen atoms in total. The molecule has 2 amide bonds. The lowest BCUT2D eigenvalue weighted by atomic mass is 10.0. The first-order valence-electron chi connectivity index (χ1n) is 6.49. The summed E-state index contributed by atoms with van der Waals surface area (Å²) in [4.78, 5) is 39.0. The molecule has 1 aromatic heterocycles. The summed E-state index contributed by atoms with van der Waals surface area (Å²) in [6.45, 7) is 0.0775. The number of hydrogen-bond donors (Lipinski definition) is 2. The summed E-state index contributed by atoms with van der Waals surface area (Å²) >= 11 is 0. The second-order valence-electron chi connectivity index (χ2n) is 4.66. The number of aromatic amines is 1. The normalized spacial score (nSPS) is 18.6. The van der Waals surface area contributed by atoms with Crippen LogP contribution in [-0.2, 0) is 14.3 Å². The number of carbonyl (C=O) groups excluding carboxylic acids is 3. The van der Waals surface area contributed by atoms with Gasteiger partial charge in [0.25, 0.3) is 5.91 Å². The van der Waals surface area contributed by atoms with Crippen molar-refractivity contribution in [1.82, 2.24) is 9.88 Å². The quantitative estimate of drug-likeness (QED) is 0.759. The molecular weight excluding hydrogens is 262 g/mol. The number of amides is 2. The van der Waals surface area contributed by atoms with E-state index in [9.17, 15) is 14.4 Å². The Morgan fingerprint density at radius 2 is 2.20 bits per heavy atom. The van der Waals surface area contributed by atoms with E-state index in [1.807, 2.05) is 0 Å². The Kier molecular flexibility index (Phi) is 4.39. The van der Waals surface area contributed by atoms with Crippen molar-refractivity contribution < 1.29 is 19.1 Å². The minimum absolute atomic E-state index is 0.280. The zero-order valence-electron chi connectivity index (χ0n) is 11.0. The SMILES string of the molecule is NC(=O)[C@H]1CCCCN1C(=O)COC(=O)c1ccc[nH]1. The monoisotopic (exact) mass is 279 g/mol. The van der Waals surface area contributed by atoms with Crippen molar-refractivity contribution in [2.75, 3.05) is 13.2 Å². The van der Waals surface area contributed by atoms with E-state index in [0.717, 1.165) is 12.8 Å². The number of H-pyrrole nitrogens is 1. The smallest absolute Gasteiger partial charge is 0.355 e. The second-order valence-corrected chi connectivity index (χ2v) is 4.66. The van der Waals surface area contributed by atoms with Crippen molar-refractivity contribution >= 4 is 17.8 Å². The predicted molar refractivity (Wildman–Crippen MR) is 69.6 cm³/mol. The number of ether oxygens (including phenoxy) is 1. The molecule has 1 aromatic rings. The minimum atomic E-state index is -0.601. The number of rotatable bonds is 4. The maximum absolute atomic E-state index is 12.0. The molecule has 1 aliphatic rings. The lowest BCUT2D eigenvalue weighted by Gasteiger charge is -2.33. The third-order valence-electron chi connectivity index (χ3n) is 3.30. The first kappa shape index (κ1) is 14.1. The van der Waals surface area contributed by atoms with Crippen LogP contribution in [0.4, 0.5) is 0 Å². The molecule has 1 saturated heterocycles. The highest BCUT2D eigenvalue weighted by Gasteiger charge is 2.31. The molecule has 0 aliphatic carbocycles. The van der Waals surface area contributed by atoms with Crippen LogP contribution in [0, 0.1) is 0 Å². The predicted octanol–water partition coefficient (Wildman–Crippen LogP) is 0.0379. The average Bonchev–Trinajstić information content (AvgIpc) is 2.98. The molecule has 3 N–H and O–H groups in total. The summed E-state index contributed by atoms with van der Waals surface area (Å²) in [5.41, 5.74) is 5.56. The van der Waals surface area contributed by atoms with Crippen LogP contribution in [0.15, 0.2) is 18.3 Å². The van der Waals surface area contributed by atoms with Gasteiger partial charge in [0.1, 0.15) is 11.7 Å². The Bertz CT molecular complexity index is 498. The number of nitrogens with zero attached hydrogens (tertiary/aromatic N) is 1. The molecule has 1 atom stereocenters. The van der Waals surface area contributed by atoms with Crippen LogP contribution in [-0.4, -0.2) is 46.9 Å². The number of nitrogens with one attached hydrogen (secondary N) is 1. The maximum atomic E-state index is 12.0. The van der Waals surface area contributed by atoms with Gasteiger partial charge < -0.3 is 20.4 Å². The topological polar surface area (TPSA) is 105 Å². The lowest BCUT2D eigenvalue weighted by molar-refractivity contribution is -0.143. The Morgan fingerprint density at radius 3 is 2.85 bits per heavy atom. The molecule has 0 spiro atoms. The van der Waals surface area contributed by atoms with E-state index in [0.29, 0.717) is 13.0 Å². The fourth-order valence-electron chi connectivity index (χ4n) is 2.27. The Labute approximate surface area is 116 Å². The Morgan fingerprint density at radius 1 is 1.40 bits per heavy atom. The number of esters is 1. The van der Waals surface area contributed by atoms with Gasteiger partial charge in [0.2, 0.25) is 5.91 Å². The second kappa shape index (κ2) is 6.23. The van der Waals surface area contributed by atoms with Crippen LogP contribution in [0.3, 0.4) is 0 Å².